The van der Waals surface area contributed by atoms with Gasteiger partial charge in [-0.05, 0) is 0 Å². The van der Waals surface area contributed by atoms with Crippen molar-refractivity contribution in [2.24, 2.45) is 0 Å². The number of rotatable bonds is 0. The summed E-state index contributed by atoms with van der Waals surface area (Å²) < 4.78 is 0.866. The molecule has 5 nitrogen and oxygen atoms in total. The number of nitrogens with one attached hydrogen (secondary N) is 1. The second kappa shape index (κ2) is 2.03. The molecule has 0 aromatic carbocycles. The van der Waals surface area contributed by atoms with Crippen molar-refractivity contribution in [1.29, 1.82) is 5.41 Å². The third-order valence-corrected chi connectivity index (χ3v) is 2.09. The molecule has 2 N–H and O–H groups in total. The summed E-state index contributed by atoms with van der Waals surface area (Å²) >= 11 is 1.27. The number of thiazole rings is 1. The topological polar surface area (TPSA) is 74.8 Å². The van der Waals surface area contributed by atoms with Crippen LogP contribution in [0.4, 0.5) is 0 Å². The standard InChI is InChI=1S/C5H4N4OS/c6-4-3-5(11-2-8-3)9(10)1-7-4/h1-2,6,10H. The van der Waals surface area contributed by atoms with E-state index in [4.69, 9.17) is 10.6 Å². The maximum atomic E-state index is 9.13. The molecule has 0 saturated carbocycles. The second-order valence-electron chi connectivity index (χ2n) is 1.94. The van der Waals surface area contributed by atoms with E-state index in [1.807, 2.05) is 0 Å². The molecule has 0 bridgehead atoms. The van der Waals surface area contributed by atoms with E-state index in [-0.39, 0.29) is 5.49 Å². The minimum absolute atomic E-state index is 0.0894. The largest absolute Gasteiger partial charge is 0.426 e. The van der Waals surface area contributed by atoms with E-state index >= 15 is 0 Å². The monoisotopic (exact) mass is 168 g/mol. The molecule has 0 aliphatic carbocycles. The fourth-order valence-corrected chi connectivity index (χ4v) is 1.47. The SMILES string of the molecule is N=c1ncn(O)c2scnc12. The average Bonchev–Trinajstić information content (AvgIpc) is 2.45. The van der Waals surface area contributed by atoms with Gasteiger partial charge in [0.1, 0.15) is 11.8 Å². The van der Waals surface area contributed by atoms with E-state index in [1.54, 1.807) is 5.51 Å². The normalized spacial score (nSPS) is 10.5. The van der Waals surface area contributed by atoms with Crippen molar-refractivity contribution in [2.45, 2.75) is 0 Å². The van der Waals surface area contributed by atoms with Crippen molar-refractivity contribution in [3.63, 3.8) is 0 Å². The van der Waals surface area contributed by atoms with Gasteiger partial charge < -0.3 is 5.21 Å². The lowest BCUT2D eigenvalue weighted by atomic mass is 10.6. The van der Waals surface area contributed by atoms with Crippen LogP contribution in [0.2, 0.25) is 0 Å². The molecule has 0 radical (unpaired) electrons. The number of aromatic nitrogens is 3. The van der Waals surface area contributed by atoms with E-state index in [0.717, 1.165) is 4.73 Å². The van der Waals surface area contributed by atoms with Crippen LogP contribution in [0.1, 0.15) is 0 Å². The molecule has 0 amide bonds. The summed E-state index contributed by atoms with van der Waals surface area (Å²) in [6, 6.07) is 0. The summed E-state index contributed by atoms with van der Waals surface area (Å²) in [4.78, 5) is 8.02. The molecule has 0 spiro atoms. The highest BCUT2D eigenvalue weighted by Gasteiger charge is 2.01. The Kier molecular flexibility index (Phi) is 1.16. The van der Waals surface area contributed by atoms with Gasteiger partial charge in [-0.2, -0.15) is 4.73 Å². The fraction of sp³-hybridized carbons (Fsp3) is 0. The van der Waals surface area contributed by atoms with Gasteiger partial charge in [-0.25, -0.2) is 9.97 Å². The molecule has 0 unspecified atom stereocenters. The zero-order chi connectivity index (χ0) is 7.84. The zero-order valence-corrected chi connectivity index (χ0v) is 6.17. The Hall–Kier alpha value is -1.43. The van der Waals surface area contributed by atoms with E-state index in [9.17, 15) is 0 Å². The minimum Gasteiger partial charge on any atom is -0.426 e. The zero-order valence-electron chi connectivity index (χ0n) is 5.35. The van der Waals surface area contributed by atoms with Gasteiger partial charge in [-0.15, -0.1) is 11.3 Å². The maximum absolute atomic E-state index is 9.13. The van der Waals surface area contributed by atoms with Crippen LogP contribution < -0.4 is 5.49 Å². The van der Waals surface area contributed by atoms with Crippen molar-refractivity contribution in [2.75, 3.05) is 0 Å². The van der Waals surface area contributed by atoms with Gasteiger partial charge in [0.15, 0.2) is 10.3 Å². The molecule has 2 rings (SSSR count). The molecule has 0 saturated heterocycles. The summed E-state index contributed by atoms with van der Waals surface area (Å²) in [5.74, 6) is 0. The Morgan fingerprint density at radius 3 is 3.09 bits per heavy atom. The van der Waals surface area contributed by atoms with Gasteiger partial charge in [-0.1, -0.05) is 0 Å². The lowest BCUT2D eigenvalue weighted by Crippen LogP contribution is -2.09. The van der Waals surface area contributed by atoms with Crippen LogP contribution in [-0.4, -0.2) is 19.9 Å². The fourth-order valence-electron chi connectivity index (χ4n) is 0.791. The van der Waals surface area contributed by atoms with Crippen molar-refractivity contribution in [3.05, 3.63) is 17.3 Å². The second-order valence-corrected chi connectivity index (χ2v) is 2.78. The first-order valence-corrected chi connectivity index (χ1v) is 3.71. The molecular formula is C5H4N4OS. The smallest absolute Gasteiger partial charge is 0.175 e. The minimum atomic E-state index is 0.0894. The summed E-state index contributed by atoms with van der Waals surface area (Å²) in [7, 11) is 0. The van der Waals surface area contributed by atoms with Crippen LogP contribution >= 0.6 is 11.3 Å². The molecule has 0 fully saturated rings. The highest BCUT2D eigenvalue weighted by molar-refractivity contribution is 7.16. The maximum Gasteiger partial charge on any atom is 0.175 e. The molecule has 11 heavy (non-hydrogen) atoms. The predicted molar refractivity (Wildman–Crippen MR) is 38.4 cm³/mol. The molecule has 6 heteroatoms. The first-order valence-electron chi connectivity index (χ1n) is 2.84. The van der Waals surface area contributed by atoms with Gasteiger partial charge in [0.05, 0.1) is 5.51 Å². The highest BCUT2D eigenvalue weighted by atomic mass is 32.1. The summed E-state index contributed by atoms with van der Waals surface area (Å²) in [5.41, 5.74) is 2.09. The van der Waals surface area contributed by atoms with Crippen LogP contribution in [0.5, 0.6) is 0 Å². The number of nitrogens with zero attached hydrogens (tertiary/aromatic N) is 3. The Morgan fingerprint density at radius 2 is 2.36 bits per heavy atom. The van der Waals surface area contributed by atoms with E-state index in [0.29, 0.717) is 10.3 Å². The number of hydrogen-bond acceptors (Lipinski definition) is 5. The average molecular weight is 168 g/mol. The molecule has 2 aromatic heterocycles. The highest BCUT2D eigenvalue weighted by Crippen LogP contribution is 2.10. The Morgan fingerprint density at radius 1 is 1.55 bits per heavy atom. The van der Waals surface area contributed by atoms with Crippen LogP contribution in [-0.2, 0) is 0 Å². The number of fused-ring (bicyclic) bond motifs is 1. The van der Waals surface area contributed by atoms with Gasteiger partial charge in [-0.3, -0.25) is 5.41 Å². The van der Waals surface area contributed by atoms with Crippen LogP contribution in [0.3, 0.4) is 0 Å². The third-order valence-electron chi connectivity index (χ3n) is 1.28. The molecule has 0 aliphatic rings. The van der Waals surface area contributed by atoms with Crippen molar-refractivity contribution < 1.29 is 5.21 Å². The summed E-state index contributed by atoms with van der Waals surface area (Å²) in [5, 5.41) is 16.4. The van der Waals surface area contributed by atoms with E-state index < -0.39 is 0 Å². The van der Waals surface area contributed by atoms with Crippen molar-refractivity contribution in [1.82, 2.24) is 14.7 Å². The van der Waals surface area contributed by atoms with Crippen molar-refractivity contribution >= 4 is 21.7 Å². The number of hydrogen-bond donors (Lipinski definition) is 2. The van der Waals surface area contributed by atoms with Crippen LogP contribution in [0.15, 0.2) is 11.8 Å². The third kappa shape index (κ3) is 0.795. The van der Waals surface area contributed by atoms with Crippen LogP contribution in [0, 0.1) is 5.41 Å². The predicted octanol–water partition coefficient (Wildman–Crippen LogP) is 0.210. The quantitative estimate of drug-likeness (QED) is 0.552. The van der Waals surface area contributed by atoms with Crippen molar-refractivity contribution in [3.8, 4) is 0 Å². The summed E-state index contributed by atoms with van der Waals surface area (Å²) in [6.07, 6.45) is 1.18. The van der Waals surface area contributed by atoms with Gasteiger partial charge in [0.25, 0.3) is 0 Å². The van der Waals surface area contributed by atoms with E-state index in [2.05, 4.69) is 9.97 Å². The first kappa shape index (κ1) is 6.29. The Balaban J connectivity index is 3.08. The molecule has 0 aliphatic heterocycles. The molecule has 0 atom stereocenters. The molecular weight excluding hydrogens is 164 g/mol. The van der Waals surface area contributed by atoms with Gasteiger partial charge in [0.2, 0.25) is 0 Å². The first-order chi connectivity index (χ1) is 5.29. The molecule has 56 valence electrons. The Labute approximate surface area is 65.1 Å². The Bertz CT molecular complexity index is 445. The molecule has 2 heterocycles. The van der Waals surface area contributed by atoms with Gasteiger partial charge in [0, 0.05) is 0 Å². The van der Waals surface area contributed by atoms with Gasteiger partial charge >= 0.3 is 0 Å². The lowest BCUT2D eigenvalue weighted by Gasteiger charge is -1.94. The van der Waals surface area contributed by atoms with E-state index in [1.165, 1.54) is 17.7 Å². The summed E-state index contributed by atoms with van der Waals surface area (Å²) in [6.45, 7) is 0. The lowest BCUT2D eigenvalue weighted by molar-refractivity contribution is 0.195. The molecule has 2 aromatic rings. The van der Waals surface area contributed by atoms with Crippen LogP contribution in [0.25, 0.3) is 10.3 Å².